The molecule has 1 aromatic carbocycles. The van der Waals surface area contributed by atoms with Crippen molar-refractivity contribution in [2.24, 2.45) is 5.92 Å². The fourth-order valence-electron chi connectivity index (χ4n) is 4.46. The predicted octanol–water partition coefficient (Wildman–Crippen LogP) is 7.07. The van der Waals surface area contributed by atoms with Crippen LogP contribution in [0.3, 0.4) is 0 Å². The fraction of sp³-hybridized carbons (Fsp3) is 0.556. The molecular weight excluding hydrogens is 352 g/mol. The largest absolute Gasteiger partial charge is 0.229 e. The summed E-state index contributed by atoms with van der Waals surface area (Å²) in [5.74, 6) is 8.64. The van der Waals surface area contributed by atoms with Gasteiger partial charge in [0.1, 0.15) is 0 Å². The van der Waals surface area contributed by atoms with E-state index in [-0.39, 0.29) is 0 Å². The molecule has 0 aliphatic heterocycles. The van der Waals surface area contributed by atoms with Crippen molar-refractivity contribution in [1.82, 2.24) is 9.97 Å². The van der Waals surface area contributed by atoms with E-state index in [9.17, 15) is 0 Å². The van der Waals surface area contributed by atoms with Crippen molar-refractivity contribution in [1.29, 1.82) is 0 Å². The normalized spacial score (nSPS) is 18.8. The summed E-state index contributed by atoms with van der Waals surface area (Å²) in [6.07, 6.45) is 18.2. The van der Waals surface area contributed by atoms with Gasteiger partial charge < -0.3 is 0 Å². The summed E-state index contributed by atoms with van der Waals surface area (Å²) in [4.78, 5) is 8.84. The topological polar surface area (TPSA) is 25.8 Å². The van der Waals surface area contributed by atoms with Gasteiger partial charge in [0.05, 0.1) is 0 Å². The van der Waals surface area contributed by atoms with Crippen molar-refractivity contribution in [3.63, 3.8) is 0 Å². The van der Waals surface area contributed by atoms with Crippen LogP contribution in [-0.4, -0.2) is 9.97 Å². The van der Waals surface area contributed by atoms with E-state index in [0.717, 1.165) is 23.8 Å². The quantitative estimate of drug-likeness (QED) is 0.357. The first-order valence-corrected chi connectivity index (χ1v) is 11.7. The summed E-state index contributed by atoms with van der Waals surface area (Å²) in [6.45, 7) is 4.54. The second-order valence-corrected chi connectivity index (χ2v) is 8.60. The average Bonchev–Trinajstić information content (AvgIpc) is 2.77. The third-order valence-electron chi connectivity index (χ3n) is 6.27. The zero-order valence-electron chi connectivity index (χ0n) is 18.3. The molecule has 0 spiro atoms. The molecule has 1 saturated carbocycles. The van der Waals surface area contributed by atoms with Gasteiger partial charge in [0.25, 0.3) is 0 Å². The molecule has 0 atom stereocenters. The van der Waals surface area contributed by atoms with Gasteiger partial charge in [0.15, 0.2) is 0 Å². The van der Waals surface area contributed by atoms with Crippen LogP contribution in [-0.2, 0) is 6.42 Å². The van der Waals surface area contributed by atoms with E-state index < -0.39 is 0 Å². The molecule has 1 aliphatic rings. The second-order valence-electron chi connectivity index (χ2n) is 8.60. The smallest absolute Gasteiger partial charge is 0.205 e. The van der Waals surface area contributed by atoms with E-state index in [1.165, 1.54) is 75.3 Å². The molecule has 0 N–H and O–H groups in total. The van der Waals surface area contributed by atoms with Gasteiger partial charge in [-0.05, 0) is 79.5 Å². The fourth-order valence-corrected chi connectivity index (χ4v) is 4.46. The predicted molar refractivity (Wildman–Crippen MR) is 122 cm³/mol. The molecule has 2 aromatic rings. The molecule has 0 unspecified atom stereocenters. The Morgan fingerprint density at radius 1 is 0.828 bits per heavy atom. The maximum absolute atomic E-state index is 4.42. The zero-order chi connectivity index (χ0) is 20.3. The Morgan fingerprint density at radius 3 is 2.21 bits per heavy atom. The molecule has 0 radical (unpaired) electrons. The average molecular weight is 389 g/mol. The molecule has 1 heterocycles. The van der Waals surface area contributed by atoms with E-state index in [4.69, 9.17) is 0 Å². The van der Waals surface area contributed by atoms with E-state index in [1.807, 2.05) is 12.4 Å². The summed E-state index contributed by atoms with van der Waals surface area (Å²) >= 11 is 0. The Balaban J connectivity index is 1.51. The number of aromatic nitrogens is 2. The van der Waals surface area contributed by atoms with Gasteiger partial charge in [-0.25, -0.2) is 9.97 Å². The number of unbranched alkanes of at least 4 members (excludes halogenated alkanes) is 3. The van der Waals surface area contributed by atoms with Gasteiger partial charge in [-0.15, -0.1) is 0 Å². The van der Waals surface area contributed by atoms with E-state index in [1.54, 1.807) is 0 Å². The molecule has 3 rings (SSSR count). The first-order chi connectivity index (χ1) is 14.3. The molecular formula is C27H36N2. The number of rotatable bonds is 8. The molecule has 0 bridgehead atoms. The first-order valence-electron chi connectivity index (χ1n) is 11.7. The maximum atomic E-state index is 4.42. The van der Waals surface area contributed by atoms with Crippen molar-refractivity contribution < 1.29 is 0 Å². The van der Waals surface area contributed by atoms with Crippen molar-refractivity contribution in [2.75, 3.05) is 0 Å². The number of hydrogen-bond acceptors (Lipinski definition) is 2. The highest BCUT2D eigenvalue weighted by Gasteiger charge is 2.21. The van der Waals surface area contributed by atoms with Crippen molar-refractivity contribution in [2.45, 2.75) is 90.4 Å². The molecule has 0 amide bonds. The Labute approximate surface area is 177 Å². The zero-order valence-corrected chi connectivity index (χ0v) is 18.3. The van der Waals surface area contributed by atoms with Crippen LogP contribution in [0.2, 0.25) is 0 Å². The van der Waals surface area contributed by atoms with Gasteiger partial charge in [-0.2, -0.15) is 0 Å². The summed E-state index contributed by atoms with van der Waals surface area (Å²) in [5.41, 5.74) is 3.74. The molecule has 29 heavy (non-hydrogen) atoms. The van der Waals surface area contributed by atoms with Crippen LogP contribution in [0, 0.1) is 17.8 Å². The summed E-state index contributed by atoms with van der Waals surface area (Å²) in [6, 6.07) is 8.86. The van der Waals surface area contributed by atoms with Gasteiger partial charge in [-0.1, -0.05) is 64.0 Å². The lowest BCUT2D eigenvalue weighted by atomic mass is 9.77. The monoisotopic (exact) mass is 388 g/mol. The molecule has 0 saturated heterocycles. The molecule has 1 aromatic heterocycles. The Kier molecular flexibility index (Phi) is 8.75. The lowest BCUT2D eigenvalue weighted by Gasteiger charge is -2.28. The number of hydrogen-bond donors (Lipinski definition) is 0. The highest BCUT2D eigenvalue weighted by Crippen LogP contribution is 2.37. The molecule has 2 heteroatoms. The Hall–Kier alpha value is -2.14. The number of nitrogens with zero attached hydrogens (tertiary/aromatic N) is 2. The molecule has 1 fully saturated rings. The van der Waals surface area contributed by atoms with Crippen LogP contribution in [0.5, 0.6) is 0 Å². The van der Waals surface area contributed by atoms with Crippen LogP contribution >= 0.6 is 0 Å². The highest BCUT2D eigenvalue weighted by molar-refractivity contribution is 5.40. The van der Waals surface area contributed by atoms with Gasteiger partial charge in [0, 0.05) is 18.0 Å². The molecule has 1 aliphatic carbocycles. The van der Waals surface area contributed by atoms with Crippen LogP contribution in [0.15, 0.2) is 36.7 Å². The van der Waals surface area contributed by atoms with Gasteiger partial charge >= 0.3 is 0 Å². The number of aryl methyl sites for hydroxylation is 1. The summed E-state index contributed by atoms with van der Waals surface area (Å²) in [7, 11) is 0. The van der Waals surface area contributed by atoms with Crippen LogP contribution in [0.4, 0.5) is 0 Å². The first kappa shape index (κ1) is 21.6. The molecule has 2 nitrogen and oxygen atoms in total. The van der Waals surface area contributed by atoms with Crippen molar-refractivity contribution in [3.8, 4) is 11.8 Å². The maximum Gasteiger partial charge on any atom is 0.205 e. The van der Waals surface area contributed by atoms with Gasteiger partial charge in [-0.3, -0.25) is 0 Å². The minimum absolute atomic E-state index is 0.612. The lowest BCUT2D eigenvalue weighted by Crippen LogP contribution is -2.13. The Bertz CT molecular complexity index is 772. The third kappa shape index (κ3) is 7.00. The van der Waals surface area contributed by atoms with Crippen molar-refractivity contribution >= 4 is 0 Å². The molecule has 154 valence electrons. The minimum atomic E-state index is 0.612. The van der Waals surface area contributed by atoms with E-state index in [0.29, 0.717) is 5.82 Å². The van der Waals surface area contributed by atoms with Gasteiger partial charge in [0.2, 0.25) is 5.82 Å². The second kappa shape index (κ2) is 11.8. The van der Waals surface area contributed by atoms with Crippen LogP contribution in [0.1, 0.15) is 106 Å². The SMILES string of the molecule is CCCCCCc1cnc(C#Cc2ccc(C3CCC(CCC)CC3)cc2)nc1. The van der Waals surface area contributed by atoms with Crippen LogP contribution < -0.4 is 0 Å². The summed E-state index contributed by atoms with van der Waals surface area (Å²) in [5, 5.41) is 0. The van der Waals surface area contributed by atoms with E-state index >= 15 is 0 Å². The Morgan fingerprint density at radius 2 is 1.55 bits per heavy atom. The number of benzene rings is 1. The standard InChI is InChI=1S/C27H36N2/c1-3-5-6-7-9-24-20-28-27(29-21-24)19-14-23-12-17-26(18-13-23)25-15-10-22(8-4-2)11-16-25/h12-13,17-18,20-22,25H,3-11,15-16H2,1-2H3. The van der Waals surface area contributed by atoms with Crippen molar-refractivity contribution in [3.05, 3.63) is 59.2 Å². The van der Waals surface area contributed by atoms with E-state index in [2.05, 4.69) is 59.9 Å². The minimum Gasteiger partial charge on any atom is -0.229 e. The lowest BCUT2D eigenvalue weighted by molar-refractivity contribution is 0.308. The highest BCUT2D eigenvalue weighted by atomic mass is 14.8. The summed E-state index contributed by atoms with van der Waals surface area (Å²) < 4.78 is 0. The van der Waals surface area contributed by atoms with Crippen LogP contribution in [0.25, 0.3) is 0 Å². The third-order valence-corrected chi connectivity index (χ3v) is 6.27.